The van der Waals surface area contributed by atoms with Crippen LogP contribution >= 0.6 is 0 Å². The molecule has 0 amide bonds. The zero-order chi connectivity index (χ0) is 20.9. The fourth-order valence-corrected chi connectivity index (χ4v) is 6.65. The quantitative estimate of drug-likeness (QED) is 0.512. The molecule has 3 nitrogen and oxygen atoms in total. The highest BCUT2D eigenvalue weighted by Crippen LogP contribution is 2.62. The molecular formula is C26H27FO3. The Kier molecular flexibility index (Phi) is 4.68. The zero-order valence-electron chi connectivity index (χ0n) is 17.2. The minimum absolute atomic E-state index is 0.0799. The van der Waals surface area contributed by atoms with E-state index in [0.29, 0.717) is 11.3 Å². The van der Waals surface area contributed by atoms with Gasteiger partial charge in [0.25, 0.3) is 0 Å². The summed E-state index contributed by atoms with van der Waals surface area (Å²) in [5.74, 6) is 1.83. The van der Waals surface area contributed by atoms with Crippen molar-refractivity contribution in [3.63, 3.8) is 0 Å². The summed E-state index contributed by atoms with van der Waals surface area (Å²) in [5.41, 5.74) is 3.16. The Hall–Kier alpha value is -2.62. The number of hydrogen-bond donors (Lipinski definition) is 1. The first-order valence-electron chi connectivity index (χ1n) is 10.9. The summed E-state index contributed by atoms with van der Waals surface area (Å²) in [7, 11) is 1.29. The number of methoxy groups -OCH3 is 1. The lowest BCUT2D eigenvalue weighted by atomic mass is 9.48. The van der Waals surface area contributed by atoms with Crippen LogP contribution in [0.25, 0.3) is 17.2 Å². The average Bonchev–Trinajstić information content (AvgIpc) is 2.72. The van der Waals surface area contributed by atoms with Crippen molar-refractivity contribution in [2.24, 2.45) is 17.8 Å². The molecule has 30 heavy (non-hydrogen) atoms. The number of rotatable bonds is 4. The summed E-state index contributed by atoms with van der Waals surface area (Å²) in [5, 5.41) is 10.8. The van der Waals surface area contributed by atoms with Gasteiger partial charge in [-0.2, -0.15) is 0 Å². The molecule has 2 aromatic rings. The molecule has 0 radical (unpaired) electrons. The Balaban J connectivity index is 1.48. The van der Waals surface area contributed by atoms with Crippen LogP contribution < -0.4 is 0 Å². The van der Waals surface area contributed by atoms with E-state index in [-0.39, 0.29) is 5.41 Å². The van der Waals surface area contributed by atoms with Crippen LogP contribution in [0.3, 0.4) is 0 Å². The van der Waals surface area contributed by atoms with Gasteiger partial charge in [-0.3, -0.25) is 0 Å². The molecule has 1 N–H and O–H groups in total. The molecule has 4 aliphatic carbocycles. The van der Waals surface area contributed by atoms with Crippen molar-refractivity contribution in [3.8, 4) is 16.9 Å². The number of benzene rings is 2. The molecule has 0 unspecified atom stereocenters. The standard InChI is InChI=1S/C26H27FO3/c1-30-25(29)7-5-19-2-3-21(12-23(19)27)20-4-6-24(28)22(11-20)26-13-16-8-17(14-26)10-18(9-16)15-26/h2-7,11-12,16-18,28H,8-10,13-15H2,1H3/b7-5+. The van der Waals surface area contributed by atoms with Crippen LogP contribution in [0.1, 0.15) is 49.7 Å². The van der Waals surface area contributed by atoms with Crippen molar-refractivity contribution in [1.29, 1.82) is 0 Å². The largest absolute Gasteiger partial charge is 0.508 e. The van der Waals surface area contributed by atoms with Crippen molar-refractivity contribution in [1.82, 2.24) is 0 Å². The molecule has 2 aromatic carbocycles. The molecule has 4 bridgehead atoms. The fraction of sp³-hybridized carbons (Fsp3) is 0.423. The normalized spacial score (nSPS) is 29.5. The van der Waals surface area contributed by atoms with Crippen LogP contribution in [-0.2, 0) is 14.9 Å². The zero-order valence-corrected chi connectivity index (χ0v) is 17.2. The molecule has 0 heterocycles. The Morgan fingerprint density at radius 1 is 1.03 bits per heavy atom. The van der Waals surface area contributed by atoms with Crippen molar-refractivity contribution >= 4 is 12.0 Å². The highest BCUT2D eigenvalue weighted by molar-refractivity contribution is 5.87. The maximum absolute atomic E-state index is 14.6. The lowest BCUT2D eigenvalue weighted by Gasteiger charge is -2.57. The summed E-state index contributed by atoms with van der Waals surface area (Å²) in [4.78, 5) is 11.3. The topological polar surface area (TPSA) is 46.5 Å². The highest BCUT2D eigenvalue weighted by atomic mass is 19.1. The van der Waals surface area contributed by atoms with Gasteiger partial charge < -0.3 is 9.84 Å². The van der Waals surface area contributed by atoms with Gasteiger partial charge in [0.1, 0.15) is 11.6 Å². The van der Waals surface area contributed by atoms with Crippen LogP contribution in [0.5, 0.6) is 5.75 Å². The van der Waals surface area contributed by atoms with E-state index in [1.54, 1.807) is 12.1 Å². The maximum atomic E-state index is 14.6. The SMILES string of the molecule is COC(=O)/C=C/c1ccc(-c2ccc(O)c(C34CC5CC(CC(C5)C3)C4)c2)cc1F. The first kappa shape index (κ1) is 19.3. The van der Waals surface area contributed by atoms with E-state index in [1.165, 1.54) is 63.9 Å². The molecule has 4 aliphatic rings. The number of aromatic hydroxyl groups is 1. The van der Waals surface area contributed by atoms with Crippen molar-refractivity contribution in [3.05, 3.63) is 59.4 Å². The summed E-state index contributed by atoms with van der Waals surface area (Å²) < 4.78 is 19.2. The number of halogens is 1. The number of ether oxygens (including phenoxy) is 1. The second-order valence-electron chi connectivity index (χ2n) is 9.52. The minimum atomic E-state index is -0.516. The van der Waals surface area contributed by atoms with Gasteiger partial charge in [0, 0.05) is 17.2 Å². The summed E-state index contributed by atoms with van der Waals surface area (Å²) in [6.45, 7) is 0. The van der Waals surface area contributed by atoms with E-state index in [0.717, 1.165) is 34.4 Å². The second-order valence-corrected chi connectivity index (χ2v) is 9.52. The Labute approximate surface area is 176 Å². The number of phenols is 1. The van der Waals surface area contributed by atoms with E-state index >= 15 is 0 Å². The lowest BCUT2D eigenvalue weighted by Crippen LogP contribution is -2.48. The molecule has 4 heteroatoms. The molecule has 6 rings (SSSR count). The first-order chi connectivity index (χ1) is 14.5. The van der Waals surface area contributed by atoms with Gasteiger partial charge in [0.05, 0.1) is 7.11 Å². The summed E-state index contributed by atoms with van der Waals surface area (Å²) in [6, 6.07) is 10.7. The van der Waals surface area contributed by atoms with E-state index < -0.39 is 11.8 Å². The van der Waals surface area contributed by atoms with Crippen molar-refractivity contribution < 1.29 is 19.0 Å². The van der Waals surface area contributed by atoms with Gasteiger partial charge in [-0.25, -0.2) is 9.18 Å². The number of esters is 1. The van der Waals surface area contributed by atoms with Crippen LogP contribution in [0.2, 0.25) is 0 Å². The molecule has 0 atom stereocenters. The Morgan fingerprint density at radius 3 is 2.23 bits per heavy atom. The van der Waals surface area contributed by atoms with Crippen molar-refractivity contribution in [2.75, 3.05) is 7.11 Å². The number of hydrogen-bond acceptors (Lipinski definition) is 3. The fourth-order valence-electron chi connectivity index (χ4n) is 6.65. The minimum Gasteiger partial charge on any atom is -0.508 e. The van der Waals surface area contributed by atoms with Gasteiger partial charge in [-0.15, -0.1) is 0 Å². The second kappa shape index (κ2) is 7.26. The predicted octanol–water partition coefficient (Wildman–Crippen LogP) is 5.85. The molecule has 0 aliphatic heterocycles. The molecule has 4 saturated carbocycles. The number of carbonyl (C=O) groups excluding carboxylic acids is 1. The molecule has 0 spiro atoms. The van der Waals surface area contributed by atoms with Gasteiger partial charge >= 0.3 is 5.97 Å². The highest BCUT2D eigenvalue weighted by Gasteiger charge is 2.52. The van der Waals surface area contributed by atoms with Crippen LogP contribution in [0, 0.1) is 23.6 Å². The van der Waals surface area contributed by atoms with Crippen LogP contribution in [0.15, 0.2) is 42.5 Å². The third-order valence-corrected chi connectivity index (χ3v) is 7.54. The van der Waals surface area contributed by atoms with Gasteiger partial charge in [0.2, 0.25) is 0 Å². The maximum Gasteiger partial charge on any atom is 0.330 e. The number of phenolic OH excluding ortho intramolecular Hbond substituents is 1. The van der Waals surface area contributed by atoms with Crippen LogP contribution in [-0.4, -0.2) is 18.2 Å². The van der Waals surface area contributed by atoms with E-state index in [2.05, 4.69) is 10.8 Å². The predicted molar refractivity (Wildman–Crippen MR) is 114 cm³/mol. The summed E-state index contributed by atoms with van der Waals surface area (Å²) >= 11 is 0. The summed E-state index contributed by atoms with van der Waals surface area (Å²) in [6.07, 6.45) is 10.2. The smallest absolute Gasteiger partial charge is 0.330 e. The molecule has 0 aromatic heterocycles. The Bertz CT molecular complexity index is 988. The monoisotopic (exact) mass is 406 g/mol. The van der Waals surface area contributed by atoms with Gasteiger partial charge in [-0.05, 0) is 97.1 Å². The van der Waals surface area contributed by atoms with Crippen molar-refractivity contribution in [2.45, 2.75) is 43.9 Å². The third kappa shape index (κ3) is 3.32. The van der Waals surface area contributed by atoms with E-state index in [9.17, 15) is 14.3 Å². The molecular weight excluding hydrogens is 379 g/mol. The van der Waals surface area contributed by atoms with Crippen LogP contribution in [0.4, 0.5) is 4.39 Å². The molecule has 0 saturated heterocycles. The lowest BCUT2D eigenvalue weighted by molar-refractivity contribution is -0.134. The van der Waals surface area contributed by atoms with Gasteiger partial charge in [0.15, 0.2) is 0 Å². The molecule has 156 valence electrons. The average molecular weight is 406 g/mol. The Morgan fingerprint density at radius 2 is 1.63 bits per heavy atom. The van der Waals surface area contributed by atoms with E-state index in [1.807, 2.05) is 12.1 Å². The van der Waals surface area contributed by atoms with E-state index in [4.69, 9.17) is 0 Å². The first-order valence-corrected chi connectivity index (χ1v) is 10.9. The van der Waals surface area contributed by atoms with Gasteiger partial charge in [-0.1, -0.05) is 18.2 Å². The molecule has 4 fully saturated rings. The third-order valence-electron chi connectivity index (χ3n) is 7.54. The number of carbonyl (C=O) groups is 1.